The monoisotopic (exact) mass is 357 g/mol. The van der Waals surface area contributed by atoms with E-state index in [1.54, 1.807) is 4.90 Å². The van der Waals surface area contributed by atoms with Gasteiger partial charge < -0.3 is 31.5 Å². The molecule has 1 saturated heterocycles. The molecule has 0 aromatic heterocycles. The maximum atomic E-state index is 12.9. The van der Waals surface area contributed by atoms with Crippen molar-refractivity contribution in [2.45, 2.75) is 38.1 Å². The Hall–Kier alpha value is -1.75. The van der Waals surface area contributed by atoms with Crippen molar-refractivity contribution in [3.8, 4) is 0 Å². The van der Waals surface area contributed by atoms with Gasteiger partial charge in [0.15, 0.2) is 0 Å². The molecule has 4 unspecified atom stereocenters. The van der Waals surface area contributed by atoms with E-state index in [1.807, 2.05) is 0 Å². The summed E-state index contributed by atoms with van der Waals surface area (Å²) in [5, 5.41) is 15.0. The minimum Gasteiger partial charge on any atom is -0.481 e. The molecule has 7 N–H and O–H groups in total. The molecule has 142 valence electrons. The lowest BCUT2D eigenvalue weighted by Gasteiger charge is -2.35. The fourth-order valence-electron chi connectivity index (χ4n) is 3.63. The van der Waals surface area contributed by atoms with Crippen molar-refractivity contribution in [1.29, 1.82) is 0 Å². The Kier molecular flexibility index (Phi) is 6.71. The molecule has 0 radical (unpaired) electrons. The number of nitrogens with two attached hydrogens (primary N) is 2. The van der Waals surface area contributed by atoms with E-state index in [0.29, 0.717) is 32.7 Å². The average Bonchev–Trinajstić information content (AvgIpc) is 2.95. The lowest BCUT2D eigenvalue weighted by molar-refractivity contribution is -0.143. The number of hydrogen-bond donors (Lipinski definition) is 5. The van der Waals surface area contributed by atoms with Crippen molar-refractivity contribution >= 4 is 17.8 Å². The van der Waals surface area contributed by atoms with Crippen molar-refractivity contribution < 1.29 is 24.2 Å². The first-order chi connectivity index (χ1) is 11.8. The smallest absolute Gasteiger partial charge is 0.306 e. The zero-order chi connectivity index (χ0) is 18.6. The van der Waals surface area contributed by atoms with Crippen LogP contribution in [0.15, 0.2) is 0 Å². The third kappa shape index (κ3) is 5.11. The third-order valence-electron chi connectivity index (χ3n) is 4.74. The standard InChI is InChI=1S/C15H27N5O5/c1-8(21)18-12(13(22)20-2-4-25-5-3-20)10-6-9(14(23)24)7-11(10)19-15(16)17/h9-12,15,19H,2-7,16-17H2,1H3,(H,18,21)(H,23,24). The van der Waals surface area contributed by atoms with Gasteiger partial charge in [-0.05, 0) is 12.8 Å². The summed E-state index contributed by atoms with van der Waals surface area (Å²) >= 11 is 0. The van der Waals surface area contributed by atoms with Crippen molar-refractivity contribution in [2.75, 3.05) is 26.3 Å². The van der Waals surface area contributed by atoms with Gasteiger partial charge in [0.25, 0.3) is 0 Å². The van der Waals surface area contributed by atoms with E-state index in [4.69, 9.17) is 16.2 Å². The quantitative estimate of drug-likeness (QED) is 0.329. The van der Waals surface area contributed by atoms with Crippen LogP contribution in [0.5, 0.6) is 0 Å². The average molecular weight is 357 g/mol. The highest BCUT2D eigenvalue weighted by Gasteiger charge is 2.45. The number of nitrogens with zero attached hydrogens (tertiary/aromatic N) is 1. The molecule has 1 aliphatic carbocycles. The van der Waals surface area contributed by atoms with E-state index in [1.165, 1.54) is 6.92 Å². The predicted molar refractivity (Wildman–Crippen MR) is 87.9 cm³/mol. The maximum absolute atomic E-state index is 12.9. The second-order valence-electron chi connectivity index (χ2n) is 6.59. The van der Waals surface area contributed by atoms with E-state index < -0.39 is 30.1 Å². The van der Waals surface area contributed by atoms with E-state index in [2.05, 4.69) is 10.6 Å². The van der Waals surface area contributed by atoms with E-state index >= 15 is 0 Å². The van der Waals surface area contributed by atoms with Gasteiger partial charge in [0, 0.05) is 32.0 Å². The van der Waals surface area contributed by atoms with Crippen molar-refractivity contribution in [2.24, 2.45) is 23.3 Å². The van der Waals surface area contributed by atoms with Crippen LogP contribution in [-0.2, 0) is 19.1 Å². The molecule has 1 saturated carbocycles. The summed E-state index contributed by atoms with van der Waals surface area (Å²) < 4.78 is 5.25. The minimum absolute atomic E-state index is 0.230. The molecular formula is C15H27N5O5. The van der Waals surface area contributed by atoms with Gasteiger partial charge in [-0.1, -0.05) is 0 Å². The molecular weight excluding hydrogens is 330 g/mol. The molecule has 0 bridgehead atoms. The summed E-state index contributed by atoms with van der Waals surface area (Å²) in [5.74, 6) is -2.53. The van der Waals surface area contributed by atoms with Crippen molar-refractivity contribution in [1.82, 2.24) is 15.5 Å². The van der Waals surface area contributed by atoms with Gasteiger partial charge >= 0.3 is 5.97 Å². The van der Waals surface area contributed by atoms with Gasteiger partial charge in [0.1, 0.15) is 12.3 Å². The summed E-state index contributed by atoms with van der Waals surface area (Å²) in [6.45, 7) is 3.10. The number of rotatable bonds is 6. The van der Waals surface area contributed by atoms with Crippen LogP contribution in [0.2, 0.25) is 0 Å². The fraction of sp³-hybridized carbons (Fsp3) is 0.800. The number of hydrogen-bond acceptors (Lipinski definition) is 7. The van der Waals surface area contributed by atoms with E-state index in [-0.39, 0.29) is 24.3 Å². The summed E-state index contributed by atoms with van der Waals surface area (Å²) in [6.07, 6.45) is -0.269. The first-order valence-corrected chi connectivity index (χ1v) is 8.43. The number of aliphatic carboxylic acids is 1. The van der Waals surface area contributed by atoms with Crippen LogP contribution in [-0.4, -0.2) is 72.5 Å². The summed E-state index contributed by atoms with van der Waals surface area (Å²) in [7, 11) is 0. The van der Waals surface area contributed by atoms with Gasteiger partial charge in [-0.15, -0.1) is 0 Å². The number of carbonyl (C=O) groups is 3. The van der Waals surface area contributed by atoms with Crippen molar-refractivity contribution in [3.05, 3.63) is 0 Å². The number of ether oxygens (including phenoxy) is 1. The Morgan fingerprint density at radius 1 is 1.20 bits per heavy atom. The highest BCUT2D eigenvalue weighted by molar-refractivity contribution is 5.87. The molecule has 10 nitrogen and oxygen atoms in total. The number of nitrogens with one attached hydrogen (secondary N) is 2. The molecule has 4 atom stereocenters. The Morgan fingerprint density at radius 3 is 2.36 bits per heavy atom. The highest BCUT2D eigenvalue weighted by atomic mass is 16.5. The van der Waals surface area contributed by atoms with E-state index in [9.17, 15) is 19.5 Å². The Balaban J connectivity index is 2.21. The molecule has 0 spiro atoms. The number of carbonyl (C=O) groups excluding carboxylic acids is 2. The topological polar surface area (TPSA) is 160 Å². The van der Waals surface area contributed by atoms with Gasteiger partial charge in [-0.3, -0.25) is 19.7 Å². The maximum Gasteiger partial charge on any atom is 0.306 e. The predicted octanol–water partition coefficient (Wildman–Crippen LogP) is -2.38. The number of amides is 2. The largest absolute Gasteiger partial charge is 0.481 e. The molecule has 0 aromatic rings. The number of carboxylic acids is 1. The summed E-state index contributed by atoms with van der Waals surface area (Å²) in [5.41, 5.74) is 11.2. The molecule has 10 heteroatoms. The zero-order valence-electron chi connectivity index (χ0n) is 14.3. The fourth-order valence-corrected chi connectivity index (χ4v) is 3.63. The van der Waals surface area contributed by atoms with Gasteiger partial charge in [-0.25, -0.2) is 0 Å². The second-order valence-corrected chi connectivity index (χ2v) is 6.59. The minimum atomic E-state index is -0.930. The van der Waals surface area contributed by atoms with Gasteiger partial charge in [-0.2, -0.15) is 0 Å². The molecule has 1 aliphatic heterocycles. The van der Waals surface area contributed by atoms with Crippen LogP contribution in [0.3, 0.4) is 0 Å². The first-order valence-electron chi connectivity index (χ1n) is 8.43. The molecule has 2 amide bonds. The van der Waals surface area contributed by atoms with Crippen LogP contribution in [0.1, 0.15) is 19.8 Å². The third-order valence-corrected chi connectivity index (χ3v) is 4.74. The normalized spacial score (nSPS) is 28.0. The number of carboxylic acid groups (broad SMARTS) is 1. The van der Waals surface area contributed by atoms with Crippen LogP contribution < -0.4 is 22.1 Å². The molecule has 1 heterocycles. The SMILES string of the molecule is CC(=O)NC(C(=O)N1CCOCC1)C1CC(C(=O)O)CC1NC(N)N. The van der Waals surface area contributed by atoms with Crippen molar-refractivity contribution in [3.63, 3.8) is 0 Å². The van der Waals surface area contributed by atoms with Crippen LogP contribution >= 0.6 is 0 Å². The van der Waals surface area contributed by atoms with E-state index in [0.717, 1.165) is 0 Å². The Morgan fingerprint density at radius 2 is 1.84 bits per heavy atom. The molecule has 0 aromatic carbocycles. The van der Waals surface area contributed by atoms with Crippen LogP contribution in [0.4, 0.5) is 0 Å². The Bertz CT molecular complexity index is 509. The molecule has 2 aliphatic rings. The molecule has 2 fully saturated rings. The molecule has 2 rings (SSSR count). The molecule has 25 heavy (non-hydrogen) atoms. The lowest BCUT2D eigenvalue weighted by Crippen LogP contribution is -2.59. The number of morpholine rings is 1. The van der Waals surface area contributed by atoms with Gasteiger partial charge in [0.2, 0.25) is 11.8 Å². The second kappa shape index (κ2) is 8.56. The highest BCUT2D eigenvalue weighted by Crippen LogP contribution is 2.34. The van der Waals surface area contributed by atoms with Crippen LogP contribution in [0.25, 0.3) is 0 Å². The first kappa shape index (κ1) is 19.6. The Labute approximate surface area is 146 Å². The lowest BCUT2D eigenvalue weighted by atomic mass is 9.92. The summed E-state index contributed by atoms with van der Waals surface area (Å²) in [4.78, 5) is 37.6. The van der Waals surface area contributed by atoms with Crippen LogP contribution in [0, 0.1) is 11.8 Å². The zero-order valence-corrected chi connectivity index (χ0v) is 14.3. The summed E-state index contributed by atoms with van der Waals surface area (Å²) in [6, 6.07) is -1.20. The van der Waals surface area contributed by atoms with Gasteiger partial charge in [0.05, 0.1) is 19.1 Å².